The second-order valence-electron chi connectivity index (χ2n) is 5.53. The summed E-state index contributed by atoms with van der Waals surface area (Å²) < 4.78 is 4.64. The van der Waals surface area contributed by atoms with Gasteiger partial charge in [-0.1, -0.05) is 43.7 Å². The number of nitrogens with one attached hydrogen (secondary N) is 1. The first-order valence-corrected chi connectivity index (χ1v) is 7.60. The first kappa shape index (κ1) is 18.8. The van der Waals surface area contributed by atoms with E-state index in [1.54, 1.807) is 0 Å². The lowest BCUT2D eigenvalue weighted by molar-refractivity contribution is -0.152. The van der Waals surface area contributed by atoms with Gasteiger partial charge >= 0.3 is 5.97 Å². The lowest BCUT2D eigenvalue weighted by Crippen LogP contribution is -2.61. The molecule has 0 bridgehead atoms. The minimum Gasteiger partial charge on any atom is -0.467 e. The molecule has 0 heterocycles. The third-order valence-electron chi connectivity index (χ3n) is 3.61. The highest BCUT2D eigenvalue weighted by molar-refractivity contribution is 6.11. The maximum atomic E-state index is 12.5. The summed E-state index contributed by atoms with van der Waals surface area (Å²) in [6, 6.07) is 8.30. The monoisotopic (exact) mass is 320 g/mol. The van der Waals surface area contributed by atoms with Crippen molar-refractivity contribution in [3.8, 4) is 0 Å². The number of amides is 1. The number of ether oxygens (including phenoxy) is 1. The average molecular weight is 320 g/mol. The molecule has 3 N–H and O–H groups in total. The molecule has 2 atom stereocenters. The number of methoxy groups -OCH3 is 1. The van der Waals surface area contributed by atoms with Crippen LogP contribution >= 0.6 is 0 Å². The molecule has 1 rings (SSSR count). The number of carbonyl (C=O) groups is 3. The Balaban J connectivity index is 2.74. The summed E-state index contributed by atoms with van der Waals surface area (Å²) in [6.07, 6.45) is 0.863. The number of hydrogen-bond acceptors (Lipinski definition) is 5. The van der Waals surface area contributed by atoms with Crippen LogP contribution in [0.25, 0.3) is 0 Å². The summed E-state index contributed by atoms with van der Waals surface area (Å²) in [6.45, 7) is 3.34. The molecule has 0 radical (unpaired) electrons. The first-order valence-electron chi connectivity index (χ1n) is 7.60. The summed E-state index contributed by atoms with van der Waals surface area (Å²) in [5, 5.41) is 2.59. The summed E-state index contributed by atoms with van der Waals surface area (Å²) >= 11 is 0. The molecule has 1 aromatic carbocycles. The molecule has 1 amide bonds. The molecule has 0 fully saturated rings. The van der Waals surface area contributed by atoms with E-state index >= 15 is 0 Å². The van der Waals surface area contributed by atoms with Gasteiger partial charge in [-0.2, -0.15) is 0 Å². The Bertz CT molecular complexity index is 559. The molecule has 1 aromatic rings. The Morgan fingerprint density at radius 1 is 1.26 bits per heavy atom. The first-order chi connectivity index (χ1) is 10.8. The van der Waals surface area contributed by atoms with Crippen molar-refractivity contribution < 1.29 is 19.1 Å². The Hall–Kier alpha value is -2.21. The van der Waals surface area contributed by atoms with Gasteiger partial charge in [0.2, 0.25) is 5.91 Å². The van der Waals surface area contributed by atoms with Crippen molar-refractivity contribution >= 4 is 17.7 Å². The van der Waals surface area contributed by atoms with Gasteiger partial charge in [0, 0.05) is 0 Å². The van der Waals surface area contributed by atoms with E-state index < -0.39 is 23.3 Å². The zero-order chi connectivity index (χ0) is 17.5. The summed E-state index contributed by atoms with van der Waals surface area (Å²) in [5.41, 5.74) is 5.06. The third-order valence-corrected chi connectivity index (χ3v) is 3.61. The zero-order valence-electron chi connectivity index (χ0n) is 13.8. The van der Waals surface area contributed by atoms with Crippen LogP contribution in [0, 0.1) is 0 Å². The van der Waals surface area contributed by atoms with Gasteiger partial charge in [0.15, 0.2) is 11.3 Å². The van der Waals surface area contributed by atoms with Gasteiger partial charge < -0.3 is 15.8 Å². The van der Waals surface area contributed by atoms with Gasteiger partial charge in [0.25, 0.3) is 0 Å². The molecular formula is C17H24N2O4. The number of rotatable bonds is 8. The van der Waals surface area contributed by atoms with E-state index in [1.807, 2.05) is 37.3 Å². The predicted molar refractivity (Wildman–Crippen MR) is 86.6 cm³/mol. The van der Waals surface area contributed by atoms with Crippen molar-refractivity contribution in [1.29, 1.82) is 0 Å². The van der Waals surface area contributed by atoms with E-state index in [4.69, 9.17) is 5.73 Å². The second-order valence-corrected chi connectivity index (χ2v) is 5.53. The molecule has 126 valence electrons. The Labute approximate surface area is 136 Å². The normalized spacial score (nSPS) is 14.4. The fourth-order valence-corrected chi connectivity index (χ4v) is 2.43. The van der Waals surface area contributed by atoms with Crippen LogP contribution in [-0.4, -0.2) is 36.4 Å². The van der Waals surface area contributed by atoms with Crippen molar-refractivity contribution in [2.75, 3.05) is 7.11 Å². The Morgan fingerprint density at radius 3 is 2.39 bits per heavy atom. The molecule has 6 heteroatoms. The Kier molecular flexibility index (Phi) is 6.90. The Morgan fingerprint density at radius 2 is 1.87 bits per heavy atom. The van der Waals surface area contributed by atoms with E-state index in [-0.39, 0.29) is 18.7 Å². The molecule has 23 heavy (non-hydrogen) atoms. The highest BCUT2D eigenvalue weighted by Gasteiger charge is 2.44. The fraction of sp³-hybridized carbons (Fsp3) is 0.471. The third kappa shape index (κ3) is 4.89. The molecular weight excluding hydrogens is 296 g/mol. The van der Waals surface area contributed by atoms with E-state index in [2.05, 4.69) is 10.1 Å². The number of hydrogen-bond donors (Lipinski definition) is 2. The number of ketones is 1. The highest BCUT2D eigenvalue weighted by atomic mass is 16.5. The van der Waals surface area contributed by atoms with Crippen molar-refractivity contribution in [2.45, 2.75) is 44.7 Å². The summed E-state index contributed by atoms with van der Waals surface area (Å²) in [7, 11) is 1.19. The van der Waals surface area contributed by atoms with Gasteiger partial charge in [0.05, 0.1) is 19.6 Å². The molecule has 0 unspecified atom stereocenters. The topological polar surface area (TPSA) is 98.5 Å². The molecule has 0 aliphatic rings. The standard InChI is InChI=1S/C17H24N2O4/c1-4-10-17(18,16(22)23-3)15(21)12(2)19-14(20)11-13-8-6-5-7-9-13/h5-9,12H,4,10-11,18H2,1-3H3,(H,19,20)/t12-,17-/m0/s1. The van der Waals surface area contributed by atoms with Crippen LogP contribution in [0.3, 0.4) is 0 Å². The van der Waals surface area contributed by atoms with Crippen LogP contribution in [0.15, 0.2) is 30.3 Å². The maximum Gasteiger partial charge on any atom is 0.333 e. The van der Waals surface area contributed by atoms with Crippen molar-refractivity contribution in [3.05, 3.63) is 35.9 Å². The minimum absolute atomic E-state index is 0.155. The molecule has 6 nitrogen and oxygen atoms in total. The lowest BCUT2D eigenvalue weighted by Gasteiger charge is -2.27. The van der Waals surface area contributed by atoms with E-state index in [0.29, 0.717) is 6.42 Å². The van der Waals surface area contributed by atoms with Crippen molar-refractivity contribution in [3.63, 3.8) is 0 Å². The highest BCUT2D eigenvalue weighted by Crippen LogP contribution is 2.15. The van der Waals surface area contributed by atoms with Gasteiger partial charge in [-0.25, -0.2) is 4.79 Å². The van der Waals surface area contributed by atoms with Crippen molar-refractivity contribution in [2.24, 2.45) is 5.73 Å². The van der Waals surface area contributed by atoms with E-state index in [9.17, 15) is 14.4 Å². The zero-order valence-corrected chi connectivity index (χ0v) is 13.8. The van der Waals surface area contributed by atoms with Crippen LogP contribution in [-0.2, 0) is 25.5 Å². The van der Waals surface area contributed by atoms with E-state index in [0.717, 1.165) is 5.56 Å². The van der Waals surface area contributed by atoms with E-state index in [1.165, 1.54) is 14.0 Å². The van der Waals surface area contributed by atoms with Crippen LogP contribution < -0.4 is 11.1 Å². The van der Waals surface area contributed by atoms with Gasteiger partial charge in [0.1, 0.15) is 0 Å². The molecule has 0 aromatic heterocycles. The van der Waals surface area contributed by atoms with Gasteiger partial charge in [-0.05, 0) is 18.9 Å². The average Bonchev–Trinajstić information content (AvgIpc) is 2.54. The van der Waals surface area contributed by atoms with Gasteiger partial charge in [-0.3, -0.25) is 9.59 Å². The molecule has 0 aliphatic carbocycles. The number of nitrogens with two attached hydrogens (primary N) is 1. The smallest absolute Gasteiger partial charge is 0.333 e. The lowest BCUT2D eigenvalue weighted by atomic mass is 9.86. The maximum absolute atomic E-state index is 12.5. The largest absolute Gasteiger partial charge is 0.467 e. The minimum atomic E-state index is -1.73. The van der Waals surface area contributed by atoms with Crippen LogP contribution in [0.5, 0.6) is 0 Å². The fourth-order valence-electron chi connectivity index (χ4n) is 2.43. The summed E-state index contributed by atoms with van der Waals surface area (Å²) in [5.74, 6) is -1.64. The number of Topliss-reactive ketones (excluding diaryl/α,β-unsaturated/α-hetero) is 1. The molecule has 0 saturated heterocycles. The SMILES string of the molecule is CCC[C@@](N)(C(=O)OC)C(=O)[C@H](C)NC(=O)Cc1ccccc1. The molecule has 0 saturated carbocycles. The number of carbonyl (C=O) groups excluding carboxylic acids is 3. The second kappa shape index (κ2) is 8.43. The van der Waals surface area contributed by atoms with Crippen LogP contribution in [0.1, 0.15) is 32.3 Å². The predicted octanol–water partition coefficient (Wildman–Crippen LogP) is 0.974. The van der Waals surface area contributed by atoms with Crippen LogP contribution in [0.2, 0.25) is 0 Å². The van der Waals surface area contributed by atoms with Gasteiger partial charge in [-0.15, -0.1) is 0 Å². The summed E-state index contributed by atoms with van der Waals surface area (Å²) in [4.78, 5) is 36.4. The quantitative estimate of drug-likeness (QED) is 0.549. The molecule has 0 spiro atoms. The van der Waals surface area contributed by atoms with Crippen molar-refractivity contribution in [1.82, 2.24) is 5.32 Å². The molecule has 0 aliphatic heterocycles. The number of benzene rings is 1. The van der Waals surface area contributed by atoms with Crippen LogP contribution in [0.4, 0.5) is 0 Å². The number of esters is 1.